The molecule has 7 heteroatoms. The highest BCUT2D eigenvalue weighted by atomic mass is 16.3. The van der Waals surface area contributed by atoms with Gasteiger partial charge >= 0.3 is 0 Å². The molecule has 2 aromatic carbocycles. The number of aromatic nitrogens is 2. The molecule has 3 heterocycles. The van der Waals surface area contributed by atoms with Crippen LogP contribution in [0.15, 0.2) is 48.5 Å². The van der Waals surface area contributed by atoms with E-state index in [1.54, 1.807) is 0 Å². The largest absolute Gasteiger partial charge is 0.392 e. The highest BCUT2D eigenvalue weighted by molar-refractivity contribution is 5.83. The quantitative estimate of drug-likeness (QED) is 0.693. The fraction of sp³-hybridized carbons (Fsp3) is 0.391. The van der Waals surface area contributed by atoms with E-state index in [9.17, 15) is 9.90 Å². The number of aryl methyl sites for hydroxylation is 1. The molecule has 0 radical (unpaired) electrons. The number of nitrogens with one attached hydrogen (secondary N) is 1. The maximum atomic E-state index is 12.7. The Morgan fingerprint density at radius 2 is 1.90 bits per heavy atom. The fourth-order valence-electron chi connectivity index (χ4n) is 4.56. The van der Waals surface area contributed by atoms with E-state index in [-0.39, 0.29) is 11.9 Å². The summed E-state index contributed by atoms with van der Waals surface area (Å²) >= 11 is 0. The van der Waals surface area contributed by atoms with Crippen LogP contribution in [0.25, 0.3) is 22.4 Å². The minimum Gasteiger partial charge on any atom is -0.392 e. The van der Waals surface area contributed by atoms with Crippen LogP contribution in [0.4, 0.5) is 5.69 Å². The Kier molecular flexibility index (Phi) is 4.92. The van der Waals surface area contributed by atoms with Gasteiger partial charge < -0.3 is 24.8 Å². The average molecular weight is 406 g/mol. The molecule has 2 N–H and O–H groups in total. The Morgan fingerprint density at radius 3 is 2.63 bits per heavy atom. The number of carbonyl (C=O) groups is 1. The summed E-state index contributed by atoms with van der Waals surface area (Å²) in [6.07, 6.45) is 0.102. The average Bonchev–Trinajstić information content (AvgIpc) is 3.37. The van der Waals surface area contributed by atoms with Crippen molar-refractivity contribution in [1.29, 1.82) is 0 Å². The third kappa shape index (κ3) is 3.44. The number of hydrogen-bond acceptors (Lipinski definition) is 5. The molecule has 30 heavy (non-hydrogen) atoms. The van der Waals surface area contributed by atoms with Crippen LogP contribution in [-0.2, 0) is 11.8 Å². The SMILES string of the molecule is Cn1c(-c2cccc(N3CCN(C(=O)[C@@H]4C[C@@H](O)CN4)CC3)c2)nc2ccccc21. The number of hydrogen-bond donors (Lipinski definition) is 2. The number of nitrogens with zero attached hydrogens (tertiary/aromatic N) is 4. The van der Waals surface area contributed by atoms with E-state index in [1.165, 1.54) is 0 Å². The third-order valence-corrected chi connectivity index (χ3v) is 6.25. The molecule has 0 unspecified atom stereocenters. The van der Waals surface area contributed by atoms with Gasteiger partial charge in [0.2, 0.25) is 5.91 Å². The van der Waals surface area contributed by atoms with Crippen molar-refractivity contribution in [2.75, 3.05) is 37.6 Å². The molecule has 1 aromatic heterocycles. The molecule has 2 aliphatic heterocycles. The minimum absolute atomic E-state index is 0.111. The van der Waals surface area contributed by atoms with Gasteiger partial charge in [0.15, 0.2) is 0 Å². The van der Waals surface area contributed by atoms with E-state index in [0.717, 1.165) is 41.2 Å². The Bertz CT molecular complexity index is 1070. The smallest absolute Gasteiger partial charge is 0.239 e. The molecule has 5 rings (SSSR count). The number of benzene rings is 2. The van der Waals surface area contributed by atoms with Gasteiger partial charge in [0.05, 0.1) is 23.2 Å². The van der Waals surface area contributed by atoms with Crippen LogP contribution < -0.4 is 10.2 Å². The summed E-state index contributed by atoms with van der Waals surface area (Å²) in [7, 11) is 2.05. The molecule has 0 spiro atoms. The first-order chi connectivity index (χ1) is 14.6. The zero-order chi connectivity index (χ0) is 20.7. The van der Waals surface area contributed by atoms with Crippen LogP contribution in [0, 0.1) is 0 Å². The molecule has 0 aliphatic carbocycles. The third-order valence-electron chi connectivity index (χ3n) is 6.25. The van der Waals surface area contributed by atoms with Crippen LogP contribution in [0.5, 0.6) is 0 Å². The molecule has 3 aromatic rings. The van der Waals surface area contributed by atoms with E-state index in [1.807, 2.05) is 23.1 Å². The van der Waals surface area contributed by atoms with Gasteiger partial charge in [-0.1, -0.05) is 24.3 Å². The highest BCUT2D eigenvalue weighted by Crippen LogP contribution is 2.27. The molecule has 0 bridgehead atoms. The number of β-amino-alcohol motifs (C(OH)–C–C–N with tert-alkyl or cyclic N) is 1. The van der Waals surface area contributed by atoms with Crippen LogP contribution in [-0.4, -0.2) is 70.3 Å². The van der Waals surface area contributed by atoms with Crippen molar-refractivity contribution >= 4 is 22.6 Å². The predicted molar refractivity (Wildman–Crippen MR) is 117 cm³/mol. The van der Waals surface area contributed by atoms with Crippen molar-refractivity contribution in [3.8, 4) is 11.4 Å². The summed E-state index contributed by atoms with van der Waals surface area (Å²) in [6, 6.07) is 16.4. The zero-order valence-electron chi connectivity index (χ0n) is 17.2. The summed E-state index contributed by atoms with van der Waals surface area (Å²) < 4.78 is 2.13. The van der Waals surface area contributed by atoms with E-state index in [0.29, 0.717) is 26.1 Å². The normalized spacial score (nSPS) is 22.1. The van der Waals surface area contributed by atoms with Gasteiger partial charge in [-0.15, -0.1) is 0 Å². The minimum atomic E-state index is -0.411. The maximum absolute atomic E-state index is 12.7. The van der Waals surface area contributed by atoms with Crippen LogP contribution in [0.1, 0.15) is 6.42 Å². The lowest BCUT2D eigenvalue weighted by molar-refractivity contribution is -0.133. The molecule has 2 atom stereocenters. The lowest BCUT2D eigenvalue weighted by atomic mass is 10.1. The number of rotatable bonds is 3. The van der Waals surface area contributed by atoms with Gasteiger partial charge in [-0.3, -0.25) is 4.79 Å². The van der Waals surface area contributed by atoms with Gasteiger partial charge in [-0.25, -0.2) is 4.98 Å². The molecule has 2 fully saturated rings. The topological polar surface area (TPSA) is 73.6 Å². The lowest BCUT2D eigenvalue weighted by Gasteiger charge is -2.37. The summed E-state index contributed by atoms with van der Waals surface area (Å²) in [4.78, 5) is 21.7. The standard InChI is InChI=1S/C23H27N5O2/c1-26-21-8-3-2-7-19(21)25-22(26)16-5-4-6-17(13-16)27-9-11-28(12-10-27)23(30)20-14-18(29)15-24-20/h2-8,13,18,20,24,29H,9-12,14-15H2,1H3/t18-,20+/m1/s1. The second kappa shape index (κ2) is 7.74. The maximum Gasteiger partial charge on any atom is 0.239 e. The molecule has 7 nitrogen and oxygen atoms in total. The van der Waals surface area contributed by atoms with Crippen molar-refractivity contribution in [2.45, 2.75) is 18.6 Å². The van der Waals surface area contributed by atoms with Crippen molar-refractivity contribution < 1.29 is 9.90 Å². The Hall–Kier alpha value is -2.90. The van der Waals surface area contributed by atoms with Gasteiger partial charge in [0.25, 0.3) is 0 Å². The number of piperazine rings is 1. The van der Waals surface area contributed by atoms with E-state index >= 15 is 0 Å². The van der Waals surface area contributed by atoms with Gasteiger partial charge in [0, 0.05) is 51.0 Å². The second-order valence-electron chi connectivity index (χ2n) is 8.20. The molecule has 0 saturated carbocycles. The zero-order valence-corrected chi connectivity index (χ0v) is 17.2. The summed E-state index contributed by atoms with van der Waals surface area (Å²) in [5.41, 5.74) is 4.36. The van der Waals surface area contributed by atoms with Gasteiger partial charge in [0.1, 0.15) is 5.82 Å². The van der Waals surface area contributed by atoms with E-state index in [2.05, 4.69) is 52.2 Å². The van der Waals surface area contributed by atoms with Crippen molar-refractivity contribution in [3.05, 3.63) is 48.5 Å². The summed E-state index contributed by atoms with van der Waals surface area (Å²) in [5, 5.41) is 12.8. The van der Waals surface area contributed by atoms with Crippen LogP contribution in [0.2, 0.25) is 0 Å². The lowest BCUT2D eigenvalue weighted by Crippen LogP contribution is -2.53. The first kappa shape index (κ1) is 19.1. The fourth-order valence-corrected chi connectivity index (χ4v) is 4.56. The molecule has 1 amide bonds. The number of fused-ring (bicyclic) bond motifs is 1. The number of anilines is 1. The number of amides is 1. The van der Waals surface area contributed by atoms with Crippen LogP contribution in [0.3, 0.4) is 0 Å². The summed E-state index contributed by atoms with van der Waals surface area (Å²) in [6.45, 7) is 3.50. The Labute approximate surface area is 175 Å². The molecular weight excluding hydrogens is 378 g/mol. The first-order valence-corrected chi connectivity index (χ1v) is 10.6. The number of para-hydroxylation sites is 2. The van der Waals surface area contributed by atoms with Crippen LogP contribution >= 0.6 is 0 Å². The highest BCUT2D eigenvalue weighted by Gasteiger charge is 2.32. The Morgan fingerprint density at radius 1 is 1.10 bits per heavy atom. The number of aliphatic hydroxyl groups is 1. The number of imidazole rings is 1. The van der Waals surface area contributed by atoms with E-state index < -0.39 is 6.10 Å². The van der Waals surface area contributed by atoms with Gasteiger partial charge in [-0.2, -0.15) is 0 Å². The van der Waals surface area contributed by atoms with Crippen molar-refractivity contribution in [1.82, 2.24) is 19.8 Å². The molecule has 2 saturated heterocycles. The second-order valence-corrected chi connectivity index (χ2v) is 8.20. The molecule has 156 valence electrons. The monoisotopic (exact) mass is 405 g/mol. The first-order valence-electron chi connectivity index (χ1n) is 10.6. The Balaban J connectivity index is 1.30. The van der Waals surface area contributed by atoms with Crippen molar-refractivity contribution in [3.63, 3.8) is 0 Å². The molecule has 2 aliphatic rings. The number of carbonyl (C=O) groups excluding carboxylic acids is 1. The predicted octanol–water partition coefficient (Wildman–Crippen LogP) is 1.61. The summed E-state index contributed by atoms with van der Waals surface area (Å²) in [5.74, 6) is 1.07. The number of aliphatic hydroxyl groups excluding tert-OH is 1. The van der Waals surface area contributed by atoms with Crippen molar-refractivity contribution in [2.24, 2.45) is 7.05 Å². The van der Waals surface area contributed by atoms with E-state index in [4.69, 9.17) is 4.98 Å². The van der Waals surface area contributed by atoms with Gasteiger partial charge in [-0.05, 0) is 30.7 Å². The molecular formula is C23H27N5O2.